The summed E-state index contributed by atoms with van der Waals surface area (Å²) in [6.45, 7) is 0.926. The van der Waals surface area contributed by atoms with E-state index in [0.29, 0.717) is 29.4 Å². The van der Waals surface area contributed by atoms with Gasteiger partial charge in [0.2, 0.25) is 0 Å². The van der Waals surface area contributed by atoms with E-state index in [4.69, 9.17) is 16.3 Å². The topological polar surface area (TPSA) is 42.4 Å². The SMILES string of the molecule is COc1ccc(C(=O)CN(C)Cc2ccccn2)cc1Cl. The number of carbonyl (C=O) groups excluding carboxylic acids is 1. The van der Waals surface area contributed by atoms with Gasteiger partial charge in [-0.1, -0.05) is 17.7 Å². The molecule has 2 rings (SSSR count). The number of Topliss-reactive ketones (excluding diaryl/α,β-unsaturated/α-hetero) is 1. The van der Waals surface area contributed by atoms with Crippen molar-refractivity contribution in [3.63, 3.8) is 0 Å². The predicted molar refractivity (Wildman–Crippen MR) is 82.9 cm³/mol. The number of methoxy groups -OCH3 is 1. The van der Waals surface area contributed by atoms with Crippen molar-refractivity contribution < 1.29 is 9.53 Å². The first-order valence-electron chi connectivity index (χ1n) is 6.55. The standard InChI is InChI=1S/C16H17ClN2O2/c1-19(10-13-5-3-4-8-18-13)11-15(20)12-6-7-16(21-2)14(17)9-12/h3-9H,10-11H2,1-2H3. The monoisotopic (exact) mass is 304 g/mol. The number of carbonyl (C=O) groups is 1. The van der Waals surface area contributed by atoms with Gasteiger partial charge < -0.3 is 4.74 Å². The van der Waals surface area contributed by atoms with Crippen LogP contribution < -0.4 is 4.74 Å². The van der Waals surface area contributed by atoms with Gasteiger partial charge in [0, 0.05) is 18.3 Å². The number of hydrogen-bond donors (Lipinski definition) is 0. The summed E-state index contributed by atoms with van der Waals surface area (Å²) in [4.78, 5) is 18.4. The number of halogens is 1. The number of ketones is 1. The maximum atomic E-state index is 12.2. The highest BCUT2D eigenvalue weighted by atomic mass is 35.5. The Balaban J connectivity index is 1.99. The molecule has 0 saturated heterocycles. The zero-order valence-corrected chi connectivity index (χ0v) is 12.8. The van der Waals surface area contributed by atoms with Crippen LogP contribution in [0.3, 0.4) is 0 Å². The molecule has 0 atom stereocenters. The molecule has 0 saturated carbocycles. The Morgan fingerprint density at radius 1 is 1.33 bits per heavy atom. The highest BCUT2D eigenvalue weighted by molar-refractivity contribution is 6.32. The van der Waals surface area contributed by atoms with E-state index < -0.39 is 0 Å². The lowest BCUT2D eigenvalue weighted by molar-refractivity contribution is 0.0942. The second-order valence-corrected chi connectivity index (χ2v) is 5.17. The minimum atomic E-state index is 0.0120. The van der Waals surface area contributed by atoms with E-state index in [9.17, 15) is 4.79 Å². The summed E-state index contributed by atoms with van der Waals surface area (Å²) in [5.41, 5.74) is 1.51. The molecule has 1 heterocycles. The highest BCUT2D eigenvalue weighted by Gasteiger charge is 2.12. The van der Waals surface area contributed by atoms with Gasteiger partial charge in [-0.15, -0.1) is 0 Å². The molecule has 110 valence electrons. The fraction of sp³-hybridized carbons (Fsp3) is 0.250. The van der Waals surface area contributed by atoms with Crippen molar-refractivity contribution in [2.24, 2.45) is 0 Å². The molecule has 4 nitrogen and oxygen atoms in total. The Labute approximate surface area is 129 Å². The van der Waals surface area contributed by atoms with Crippen LogP contribution in [-0.2, 0) is 6.54 Å². The molecule has 21 heavy (non-hydrogen) atoms. The van der Waals surface area contributed by atoms with Crippen LogP contribution in [0.25, 0.3) is 0 Å². The molecule has 0 amide bonds. The molecule has 0 radical (unpaired) electrons. The number of pyridine rings is 1. The molecule has 0 aliphatic rings. The average molecular weight is 305 g/mol. The van der Waals surface area contributed by atoms with E-state index in [1.165, 1.54) is 0 Å². The van der Waals surface area contributed by atoms with Gasteiger partial charge in [0.15, 0.2) is 5.78 Å². The molecule has 2 aromatic rings. The first kappa shape index (κ1) is 15.5. The minimum Gasteiger partial charge on any atom is -0.495 e. The van der Waals surface area contributed by atoms with Crippen LogP contribution in [0.15, 0.2) is 42.6 Å². The molecular formula is C16H17ClN2O2. The summed E-state index contributed by atoms with van der Waals surface area (Å²) >= 11 is 6.04. The lowest BCUT2D eigenvalue weighted by atomic mass is 10.1. The summed E-state index contributed by atoms with van der Waals surface area (Å²) < 4.78 is 5.08. The Morgan fingerprint density at radius 3 is 2.76 bits per heavy atom. The maximum Gasteiger partial charge on any atom is 0.176 e. The summed E-state index contributed by atoms with van der Waals surface area (Å²) in [5.74, 6) is 0.577. The van der Waals surface area contributed by atoms with Crippen molar-refractivity contribution in [2.45, 2.75) is 6.54 Å². The van der Waals surface area contributed by atoms with Crippen molar-refractivity contribution in [3.05, 3.63) is 58.9 Å². The van der Waals surface area contributed by atoms with E-state index in [2.05, 4.69) is 4.98 Å². The minimum absolute atomic E-state index is 0.0120. The lowest BCUT2D eigenvalue weighted by Crippen LogP contribution is -2.26. The zero-order chi connectivity index (χ0) is 15.2. The maximum absolute atomic E-state index is 12.2. The molecule has 0 fully saturated rings. The number of aromatic nitrogens is 1. The second kappa shape index (κ2) is 7.20. The molecule has 0 spiro atoms. The summed E-state index contributed by atoms with van der Waals surface area (Å²) in [5, 5.41) is 0.440. The number of nitrogens with zero attached hydrogens (tertiary/aromatic N) is 2. The number of hydrogen-bond acceptors (Lipinski definition) is 4. The Bertz CT molecular complexity index is 617. The van der Waals surface area contributed by atoms with Crippen molar-refractivity contribution in [1.82, 2.24) is 9.88 Å². The lowest BCUT2D eigenvalue weighted by Gasteiger charge is -2.15. The number of likely N-dealkylation sites (N-methyl/N-ethyl adjacent to an activating group) is 1. The van der Waals surface area contributed by atoms with Gasteiger partial charge in [0.05, 0.1) is 24.4 Å². The molecule has 0 bridgehead atoms. The van der Waals surface area contributed by atoms with Gasteiger partial charge in [-0.2, -0.15) is 0 Å². The highest BCUT2D eigenvalue weighted by Crippen LogP contribution is 2.25. The fourth-order valence-corrected chi connectivity index (χ4v) is 2.26. The summed E-state index contributed by atoms with van der Waals surface area (Å²) in [6.07, 6.45) is 1.74. The number of benzene rings is 1. The van der Waals surface area contributed by atoms with Gasteiger partial charge in [-0.05, 0) is 37.4 Å². The van der Waals surface area contributed by atoms with Crippen LogP contribution in [0.1, 0.15) is 16.1 Å². The third-order valence-corrected chi connectivity index (χ3v) is 3.34. The summed E-state index contributed by atoms with van der Waals surface area (Å²) in [7, 11) is 3.43. The molecule has 0 unspecified atom stereocenters. The van der Waals surface area contributed by atoms with Crippen LogP contribution >= 0.6 is 11.6 Å². The third kappa shape index (κ3) is 4.28. The number of ether oxygens (including phenoxy) is 1. The van der Waals surface area contributed by atoms with Crippen molar-refractivity contribution in [2.75, 3.05) is 20.7 Å². The predicted octanol–water partition coefficient (Wildman–Crippen LogP) is 3.06. The van der Waals surface area contributed by atoms with Gasteiger partial charge in [-0.3, -0.25) is 14.7 Å². The first-order chi connectivity index (χ1) is 10.1. The normalized spacial score (nSPS) is 10.7. The quantitative estimate of drug-likeness (QED) is 0.769. The van der Waals surface area contributed by atoms with E-state index in [-0.39, 0.29) is 5.78 Å². The molecule has 5 heteroatoms. The molecule has 0 aliphatic heterocycles. The van der Waals surface area contributed by atoms with E-state index in [1.54, 1.807) is 31.5 Å². The zero-order valence-electron chi connectivity index (χ0n) is 12.0. The third-order valence-electron chi connectivity index (χ3n) is 3.05. The number of rotatable bonds is 6. The van der Waals surface area contributed by atoms with Gasteiger partial charge in [0.25, 0.3) is 0 Å². The van der Waals surface area contributed by atoms with Gasteiger partial charge in [-0.25, -0.2) is 0 Å². The van der Waals surface area contributed by atoms with Crippen molar-refractivity contribution in [1.29, 1.82) is 0 Å². The molecule has 1 aromatic carbocycles. The fourth-order valence-electron chi connectivity index (χ4n) is 2.00. The van der Waals surface area contributed by atoms with Gasteiger partial charge in [0.1, 0.15) is 5.75 Å². The van der Waals surface area contributed by atoms with E-state index in [0.717, 1.165) is 5.69 Å². The van der Waals surface area contributed by atoms with Crippen LogP contribution in [-0.4, -0.2) is 36.4 Å². The van der Waals surface area contributed by atoms with E-state index in [1.807, 2.05) is 30.1 Å². The largest absolute Gasteiger partial charge is 0.495 e. The second-order valence-electron chi connectivity index (χ2n) is 4.77. The first-order valence-corrected chi connectivity index (χ1v) is 6.93. The molecule has 1 aromatic heterocycles. The Hall–Kier alpha value is -1.91. The van der Waals surface area contributed by atoms with Crippen LogP contribution in [0.4, 0.5) is 0 Å². The van der Waals surface area contributed by atoms with Crippen LogP contribution in [0.5, 0.6) is 5.75 Å². The average Bonchev–Trinajstić information content (AvgIpc) is 2.48. The van der Waals surface area contributed by atoms with E-state index >= 15 is 0 Å². The smallest absolute Gasteiger partial charge is 0.176 e. The van der Waals surface area contributed by atoms with Crippen molar-refractivity contribution in [3.8, 4) is 5.75 Å². The summed E-state index contributed by atoms with van der Waals surface area (Å²) in [6, 6.07) is 10.8. The Morgan fingerprint density at radius 2 is 2.14 bits per heavy atom. The van der Waals surface area contributed by atoms with Gasteiger partial charge >= 0.3 is 0 Å². The van der Waals surface area contributed by atoms with Crippen LogP contribution in [0.2, 0.25) is 5.02 Å². The molecule has 0 N–H and O–H groups in total. The van der Waals surface area contributed by atoms with Crippen LogP contribution in [0, 0.1) is 0 Å². The Kier molecular flexibility index (Phi) is 5.31. The van der Waals surface area contributed by atoms with Crippen molar-refractivity contribution >= 4 is 17.4 Å². The molecular weight excluding hydrogens is 288 g/mol. The molecule has 0 aliphatic carbocycles.